The number of aromatic nitrogens is 3. The normalized spacial score (nSPS) is 11.2. The molecule has 14 heavy (non-hydrogen) atoms. The Labute approximate surface area is 88.1 Å². The summed E-state index contributed by atoms with van der Waals surface area (Å²) in [5.41, 5.74) is -0.204. The van der Waals surface area contributed by atoms with Gasteiger partial charge in [-0.1, -0.05) is 0 Å². The average molecular weight is 210 g/mol. The molecule has 1 N–H and O–H groups in total. The van der Waals surface area contributed by atoms with Crippen molar-refractivity contribution in [2.24, 2.45) is 5.41 Å². The number of thioether (sulfide) groups is 1. The van der Waals surface area contributed by atoms with Crippen molar-refractivity contribution in [1.29, 1.82) is 5.26 Å². The van der Waals surface area contributed by atoms with E-state index in [1.54, 1.807) is 18.0 Å². The second-order valence-electron chi connectivity index (χ2n) is 3.76. The summed E-state index contributed by atoms with van der Waals surface area (Å²) in [5.74, 6) is 0.984. The number of hydrogen-bond acceptors (Lipinski definition) is 4. The molecule has 5 heteroatoms. The van der Waals surface area contributed by atoms with E-state index in [4.69, 9.17) is 5.26 Å². The number of nitrogens with zero attached hydrogens (tertiary/aromatic N) is 3. The number of nitrogens with one attached hydrogen (secondary N) is 1. The number of aromatic amines is 1. The minimum absolute atomic E-state index is 0.204. The Hall–Kier alpha value is -1.02. The van der Waals surface area contributed by atoms with Gasteiger partial charge in [0.1, 0.15) is 5.03 Å². The van der Waals surface area contributed by atoms with Gasteiger partial charge in [-0.25, -0.2) is 0 Å². The van der Waals surface area contributed by atoms with Crippen LogP contribution < -0.4 is 0 Å². The van der Waals surface area contributed by atoms with Gasteiger partial charge in [0.25, 0.3) is 0 Å². The number of rotatable bonds is 5. The van der Waals surface area contributed by atoms with E-state index in [0.29, 0.717) is 0 Å². The zero-order valence-electron chi connectivity index (χ0n) is 8.45. The fourth-order valence-corrected chi connectivity index (χ4v) is 1.74. The predicted molar refractivity (Wildman–Crippen MR) is 55.7 cm³/mol. The molecule has 1 heterocycles. The van der Waals surface area contributed by atoms with Crippen LogP contribution in [0.4, 0.5) is 0 Å². The van der Waals surface area contributed by atoms with E-state index in [0.717, 1.165) is 23.6 Å². The van der Waals surface area contributed by atoms with Crippen molar-refractivity contribution in [3.63, 3.8) is 0 Å². The maximum atomic E-state index is 8.79. The quantitative estimate of drug-likeness (QED) is 0.598. The predicted octanol–water partition coefficient (Wildman–Crippen LogP) is 2.23. The van der Waals surface area contributed by atoms with Crippen LogP contribution in [-0.4, -0.2) is 21.2 Å². The minimum Gasteiger partial charge on any atom is -0.198 e. The molecule has 0 aliphatic rings. The van der Waals surface area contributed by atoms with Gasteiger partial charge < -0.3 is 0 Å². The molecule has 0 bridgehead atoms. The highest BCUT2D eigenvalue weighted by molar-refractivity contribution is 7.99. The Morgan fingerprint density at radius 1 is 1.64 bits per heavy atom. The number of nitriles is 1. The van der Waals surface area contributed by atoms with Gasteiger partial charge in [-0.3, -0.25) is 0 Å². The summed E-state index contributed by atoms with van der Waals surface area (Å²) in [5, 5.41) is 19.9. The van der Waals surface area contributed by atoms with Crippen molar-refractivity contribution in [1.82, 2.24) is 15.4 Å². The monoisotopic (exact) mass is 210 g/mol. The topological polar surface area (TPSA) is 65.4 Å². The van der Waals surface area contributed by atoms with Crippen LogP contribution in [0.25, 0.3) is 0 Å². The van der Waals surface area contributed by atoms with E-state index in [2.05, 4.69) is 21.5 Å². The lowest BCUT2D eigenvalue weighted by Gasteiger charge is -2.13. The van der Waals surface area contributed by atoms with Crippen molar-refractivity contribution in [2.45, 2.75) is 31.7 Å². The van der Waals surface area contributed by atoms with Gasteiger partial charge >= 0.3 is 0 Å². The first-order valence-electron chi connectivity index (χ1n) is 4.54. The highest BCUT2D eigenvalue weighted by atomic mass is 32.2. The van der Waals surface area contributed by atoms with Crippen molar-refractivity contribution in [3.8, 4) is 6.07 Å². The molecule has 0 unspecified atom stereocenters. The molecule has 0 amide bonds. The molecule has 1 aromatic heterocycles. The summed E-state index contributed by atoms with van der Waals surface area (Å²) >= 11 is 1.66. The smallest absolute Gasteiger partial charge is 0.138 e. The Morgan fingerprint density at radius 3 is 3.00 bits per heavy atom. The van der Waals surface area contributed by atoms with Crippen LogP contribution in [0.5, 0.6) is 0 Å². The minimum atomic E-state index is -0.204. The van der Waals surface area contributed by atoms with Crippen LogP contribution in [0.2, 0.25) is 0 Å². The molecular formula is C9H14N4S. The summed E-state index contributed by atoms with van der Waals surface area (Å²) in [6, 6.07) is 2.29. The van der Waals surface area contributed by atoms with Gasteiger partial charge in [-0.05, 0) is 32.4 Å². The van der Waals surface area contributed by atoms with Crippen LogP contribution in [0.1, 0.15) is 26.7 Å². The average Bonchev–Trinajstić information content (AvgIpc) is 2.65. The second-order valence-corrected chi connectivity index (χ2v) is 4.87. The molecule has 0 aromatic carbocycles. The Kier molecular flexibility index (Phi) is 3.96. The summed E-state index contributed by atoms with van der Waals surface area (Å²) in [7, 11) is 0. The van der Waals surface area contributed by atoms with Crippen LogP contribution in [0, 0.1) is 16.7 Å². The summed E-state index contributed by atoms with van der Waals surface area (Å²) in [6.45, 7) is 3.93. The largest absolute Gasteiger partial charge is 0.198 e. The Balaban J connectivity index is 2.15. The molecule has 0 fully saturated rings. The lowest BCUT2D eigenvalue weighted by Crippen LogP contribution is -2.07. The van der Waals surface area contributed by atoms with E-state index >= 15 is 0 Å². The van der Waals surface area contributed by atoms with Gasteiger partial charge in [0.15, 0.2) is 0 Å². The first-order chi connectivity index (χ1) is 6.64. The lowest BCUT2D eigenvalue weighted by molar-refractivity contribution is 0.448. The fourth-order valence-electron chi connectivity index (χ4n) is 1.01. The SMILES string of the molecule is CC(C)(C#N)CCCSc1cn[nH]n1. The van der Waals surface area contributed by atoms with Gasteiger partial charge in [0.05, 0.1) is 17.7 Å². The van der Waals surface area contributed by atoms with Gasteiger partial charge in [-0.15, -0.1) is 16.9 Å². The van der Waals surface area contributed by atoms with E-state index in [1.165, 1.54) is 0 Å². The number of hydrogen-bond donors (Lipinski definition) is 1. The zero-order chi connectivity index (χ0) is 10.4. The molecular weight excluding hydrogens is 196 g/mol. The van der Waals surface area contributed by atoms with E-state index in [9.17, 15) is 0 Å². The molecule has 0 atom stereocenters. The molecule has 0 saturated heterocycles. The van der Waals surface area contributed by atoms with Gasteiger partial charge in [0, 0.05) is 0 Å². The van der Waals surface area contributed by atoms with E-state index in [-0.39, 0.29) is 5.41 Å². The van der Waals surface area contributed by atoms with E-state index < -0.39 is 0 Å². The standard InChI is InChI=1S/C9H14N4S/c1-9(2,7-10)4-3-5-14-8-6-11-13-12-8/h6H,3-5H2,1-2H3,(H,11,12,13). The third-order valence-electron chi connectivity index (χ3n) is 1.89. The Bertz CT molecular complexity index is 299. The maximum Gasteiger partial charge on any atom is 0.138 e. The van der Waals surface area contributed by atoms with Gasteiger partial charge in [-0.2, -0.15) is 15.6 Å². The van der Waals surface area contributed by atoms with Crippen LogP contribution in [0.15, 0.2) is 11.2 Å². The summed E-state index contributed by atoms with van der Waals surface area (Å²) in [6.07, 6.45) is 3.66. The van der Waals surface area contributed by atoms with Crippen molar-refractivity contribution in [2.75, 3.05) is 5.75 Å². The summed E-state index contributed by atoms with van der Waals surface area (Å²) < 4.78 is 0. The highest BCUT2D eigenvalue weighted by Crippen LogP contribution is 2.23. The molecule has 76 valence electrons. The second kappa shape index (κ2) is 5.01. The molecule has 0 aliphatic carbocycles. The molecule has 0 radical (unpaired) electrons. The molecule has 1 aromatic rings. The first kappa shape index (κ1) is 11.1. The van der Waals surface area contributed by atoms with Crippen molar-refractivity contribution < 1.29 is 0 Å². The van der Waals surface area contributed by atoms with E-state index in [1.807, 2.05) is 13.8 Å². The maximum absolute atomic E-state index is 8.79. The third kappa shape index (κ3) is 3.79. The summed E-state index contributed by atoms with van der Waals surface area (Å²) in [4.78, 5) is 0. The molecule has 0 aliphatic heterocycles. The van der Waals surface area contributed by atoms with Crippen molar-refractivity contribution >= 4 is 11.8 Å². The molecule has 0 spiro atoms. The zero-order valence-corrected chi connectivity index (χ0v) is 9.27. The van der Waals surface area contributed by atoms with Crippen LogP contribution in [0.3, 0.4) is 0 Å². The fraction of sp³-hybridized carbons (Fsp3) is 0.667. The lowest BCUT2D eigenvalue weighted by atomic mass is 9.90. The number of H-pyrrole nitrogens is 1. The Morgan fingerprint density at radius 2 is 2.43 bits per heavy atom. The van der Waals surface area contributed by atoms with Crippen molar-refractivity contribution in [3.05, 3.63) is 6.20 Å². The van der Waals surface area contributed by atoms with Crippen LogP contribution >= 0.6 is 11.8 Å². The molecule has 1 rings (SSSR count). The third-order valence-corrected chi connectivity index (χ3v) is 2.88. The van der Waals surface area contributed by atoms with Gasteiger partial charge in [0.2, 0.25) is 0 Å². The molecule has 0 saturated carbocycles. The van der Waals surface area contributed by atoms with Crippen LogP contribution in [-0.2, 0) is 0 Å². The highest BCUT2D eigenvalue weighted by Gasteiger charge is 2.15. The molecule has 4 nitrogen and oxygen atoms in total. The first-order valence-corrected chi connectivity index (χ1v) is 5.52.